The second-order valence-corrected chi connectivity index (χ2v) is 6.00. The molecule has 0 saturated carbocycles. The number of aromatic hydroxyl groups is 1. The van der Waals surface area contributed by atoms with Gasteiger partial charge in [-0.15, -0.1) is 0 Å². The molecule has 5 nitrogen and oxygen atoms in total. The minimum atomic E-state index is -8.11. The average Bonchev–Trinajstić information content (AvgIpc) is 2.67. The molecule has 1 aromatic rings. The van der Waals surface area contributed by atoms with Gasteiger partial charge in [0.05, 0.1) is 13.3 Å². The number of hydrogen-bond acceptors (Lipinski definition) is 4. The summed E-state index contributed by atoms with van der Waals surface area (Å²) in [6.45, 7) is 0. The SMILES string of the molecule is COc1cc(C=NNC(=O)C(F)(F)C(F)(F)C(F)(F)C(F)(F)C(F)(F)C(F)(F)F)ccc1O. The van der Waals surface area contributed by atoms with Gasteiger partial charge in [0.1, 0.15) is 0 Å². The Hall–Kier alpha value is -2.95. The van der Waals surface area contributed by atoms with E-state index in [1.165, 1.54) is 0 Å². The number of alkyl halides is 13. The van der Waals surface area contributed by atoms with Gasteiger partial charge < -0.3 is 9.84 Å². The molecule has 0 bridgehead atoms. The van der Waals surface area contributed by atoms with Crippen molar-refractivity contribution in [3.8, 4) is 11.5 Å². The monoisotopic (exact) mass is 512 g/mol. The molecular formula is C15H9F13N2O3. The number of carbonyl (C=O) groups is 1. The molecule has 1 rings (SSSR count). The van der Waals surface area contributed by atoms with Gasteiger partial charge in [0.2, 0.25) is 0 Å². The van der Waals surface area contributed by atoms with E-state index >= 15 is 0 Å². The van der Waals surface area contributed by atoms with Gasteiger partial charge in [-0.25, -0.2) is 5.43 Å². The van der Waals surface area contributed by atoms with E-state index in [4.69, 9.17) is 0 Å². The molecule has 1 aromatic carbocycles. The van der Waals surface area contributed by atoms with Crippen molar-refractivity contribution < 1.29 is 71.7 Å². The Bertz CT molecular complexity index is 913. The minimum absolute atomic E-state index is 0.207. The number of phenolic OH excluding ortho intramolecular Hbond substituents is 1. The first-order valence-corrected chi connectivity index (χ1v) is 7.76. The maximum absolute atomic E-state index is 13.6. The van der Waals surface area contributed by atoms with Crippen LogP contribution in [0.2, 0.25) is 0 Å². The van der Waals surface area contributed by atoms with Crippen LogP contribution in [0.3, 0.4) is 0 Å². The number of methoxy groups -OCH3 is 1. The third-order valence-electron chi connectivity index (χ3n) is 3.80. The van der Waals surface area contributed by atoms with E-state index in [1.807, 2.05) is 0 Å². The zero-order chi connectivity index (χ0) is 26.3. The molecule has 0 aliphatic heterocycles. The van der Waals surface area contributed by atoms with Crippen LogP contribution in [0.1, 0.15) is 5.56 Å². The van der Waals surface area contributed by atoms with E-state index in [2.05, 4.69) is 9.84 Å². The zero-order valence-corrected chi connectivity index (χ0v) is 15.4. The summed E-state index contributed by atoms with van der Waals surface area (Å²) in [4.78, 5) is 11.2. The van der Waals surface area contributed by atoms with Crippen molar-refractivity contribution in [3.63, 3.8) is 0 Å². The van der Waals surface area contributed by atoms with Gasteiger partial charge in [-0.2, -0.15) is 62.2 Å². The van der Waals surface area contributed by atoms with Crippen molar-refractivity contribution in [2.75, 3.05) is 7.11 Å². The van der Waals surface area contributed by atoms with Gasteiger partial charge in [-0.05, 0) is 23.8 Å². The number of nitrogens with zero attached hydrogens (tertiary/aromatic N) is 1. The lowest BCUT2D eigenvalue weighted by Crippen LogP contribution is -2.71. The Labute approximate surface area is 173 Å². The Morgan fingerprint density at radius 3 is 1.82 bits per heavy atom. The van der Waals surface area contributed by atoms with Gasteiger partial charge in [-0.1, -0.05) is 0 Å². The molecule has 188 valence electrons. The molecule has 18 heteroatoms. The molecule has 0 aromatic heterocycles. The summed E-state index contributed by atoms with van der Waals surface area (Å²) in [7, 11) is 1.05. The second kappa shape index (κ2) is 8.44. The van der Waals surface area contributed by atoms with E-state index in [9.17, 15) is 67.0 Å². The fourth-order valence-corrected chi connectivity index (χ4v) is 1.92. The number of ether oxygens (including phenoxy) is 1. The highest BCUT2D eigenvalue weighted by molar-refractivity contribution is 5.87. The summed E-state index contributed by atoms with van der Waals surface area (Å²) in [5, 5.41) is 11.9. The lowest BCUT2D eigenvalue weighted by atomic mass is 9.93. The van der Waals surface area contributed by atoms with Crippen LogP contribution < -0.4 is 10.2 Å². The third-order valence-corrected chi connectivity index (χ3v) is 3.80. The first-order chi connectivity index (χ1) is 14.6. The highest BCUT2D eigenvalue weighted by atomic mass is 19.4. The maximum atomic E-state index is 13.6. The number of benzene rings is 1. The van der Waals surface area contributed by atoms with Gasteiger partial charge in [0, 0.05) is 0 Å². The van der Waals surface area contributed by atoms with E-state index in [-0.39, 0.29) is 11.3 Å². The number of amides is 1. The lowest BCUT2D eigenvalue weighted by Gasteiger charge is -2.38. The minimum Gasteiger partial charge on any atom is -0.504 e. The van der Waals surface area contributed by atoms with Crippen molar-refractivity contribution in [1.82, 2.24) is 5.43 Å². The van der Waals surface area contributed by atoms with Crippen molar-refractivity contribution >= 4 is 12.1 Å². The predicted octanol–water partition coefficient (Wildman–Crippen LogP) is 4.59. The van der Waals surface area contributed by atoms with Crippen LogP contribution in [-0.4, -0.2) is 60.1 Å². The summed E-state index contributed by atoms with van der Waals surface area (Å²) >= 11 is 0. The van der Waals surface area contributed by atoms with Gasteiger partial charge in [0.25, 0.3) is 0 Å². The number of nitrogens with one attached hydrogen (secondary N) is 1. The van der Waals surface area contributed by atoms with E-state index < -0.39 is 47.4 Å². The summed E-state index contributed by atoms with van der Waals surface area (Å²) in [5.41, 5.74) is 0.325. The number of phenols is 1. The fourth-order valence-electron chi connectivity index (χ4n) is 1.92. The number of hydrogen-bond donors (Lipinski definition) is 2. The first-order valence-electron chi connectivity index (χ1n) is 7.76. The Balaban J connectivity index is 3.24. The van der Waals surface area contributed by atoms with Crippen molar-refractivity contribution in [2.45, 2.75) is 35.8 Å². The molecule has 0 saturated heterocycles. The Kier molecular flexibility index (Phi) is 7.18. The maximum Gasteiger partial charge on any atom is 0.460 e. The van der Waals surface area contributed by atoms with Crippen LogP contribution in [0, 0.1) is 0 Å². The van der Waals surface area contributed by atoms with Gasteiger partial charge >= 0.3 is 41.7 Å². The van der Waals surface area contributed by atoms with Crippen LogP contribution in [0.15, 0.2) is 23.3 Å². The third kappa shape index (κ3) is 4.46. The van der Waals surface area contributed by atoms with Crippen molar-refractivity contribution in [2.24, 2.45) is 5.10 Å². The summed E-state index contributed by atoms with van der Waals surface area (Å²) < 4.78 is 173. The highest BCUT2D eigenvalue weighted by Crippen LogP contribution is 2.60. The van der Waals surface area contributed by atoms with Gasteiger partial charge in [-0.3, -0.25) is 4.79 Å². The smallest absolute Gasteiger partial charge is 0.460 e. The molecule has 33 heavy (non-hydrogen) atoms. The summed E-state index contributed by atoms with van der Waals surface area (Å²) in [5.74, 6) is -43.1. The summed E-state index contributed by atoms with van der Waals surface area (Å²) in [6.07, 6.45) is -7.18. The molecule has 0 radical (unpaired) electrons. The van der Waals surface area contributed by atoms with Crippen LogP contribution in [0.25, 0.3) is 0 Å². The molecule has 0 unspecified atom stereocenters. The normalized spacial score (nSPS) is 14.5. The first kappa shape index (κ1) is 28.1. The molecular weight excluding hydrogens is 503 g/mol. The van der Waals surface area contributed by atoms with Gasteiger partial charge in [0.15, 0.2) is 11.5 Å². The van der Waals surface area contributed by atoms with Crippen LogP contribution in [0.4, 0.5) is 57.1 Å². The van der Waals surface area contributed by atoms with Crippen LogP contribution in [-0.2, 0) is 4.79 Å². The molecule has 0 spiro atoms. The fraction of sp³-hybridized carbons (Fsp3) is 0.467. The Morgan fingerprint density at radius 1 is 0.879 bits per heavy atom. The quantitative estimate of drug-likeness (QED) is 0.304. The number of carbonyl (C=O) groups excluding carboxylic acids is 1. The predicted molar refractivity (Wildman–Crippen MR) is 81.2 cm³/mol. The molecule has 0 heterocycles. The topological polar surface area (TPSA) is 70.9 Å². The highest BCUT2D eigenvalue weighted by Gasteiger charge is 2.91. The molecule has 0 aliphatic rings. The molecule has 0 aliphatic carbocycles. The van der Waals surface area contributed by atoms with Crippen LogP contribution >= 0.6 is 0 Å². The molecule has 1 amide bonds. The standard InChI is InChI=1S/C15H9F13N2O3/c1-33-8-4-6(2-3-7(8)31)5-29-30-9(32)10(16,17)11(18,19)12(20,21)13(22,23)14(24,25)15(26,27)28/h2-5,31H,1H3,(H,30,32). The second-order valence-electron chi connectivity index (χ2n) is 6.00. The average molecular weight is 512 g/mol. The van der Waals surface area contributed by atoms with Crippen molar-refractivity contribution in [1.29, 1.82) is 0 Å². The van der Waals surface area contributed by atoms with E-state index in [0.29, 0.717) is 11.6 Å². The van der Waals surface area contributed by atoms with E-state index in [0.717, 1.165) is 25.3 Å². The molecule has 0 atom stereocenters. The van der Waals surface area contributed by atoms with Crippen molar-refractivity contribution in [3.05, 3.63) is 23.8 Å². The summed E-state index contributed by atoms with van der Waals surface area (Å²) in [6, 6.07) is 2.81. The Morgan fingerprint density at radius 2 is 1.36 bits per heavy atom. The number of halogens is 13. The largest absolute Gasteiger partial charge is 0.504 e. The lowest BCUT2D eigenvalue weighted by molar-refractivity contribution is -0.436. The number of hydrazone groups is 1. The van der Waals surface area contributed by atoms with Crippen LogP contribution in [0.5, 0.6) is 11.5 Å². The van der Waals surface area contributed by atoms with E-state index in [1.54, 1.807) is 0 Å². The molecule has 2 N–H and O–H groups in total. The zero-order valence-electron chi connectivity index (χ0n) is 15.4. The number of rotatable bonds is 8. The molecule has 0 fully saturated rings.